The molecule has 1 aromatic carbocycles. The maximum absolute atomic E-state index is 11.1. The molecule has 86 valence electrons. The van der Waals surface area contributed by atoms with Crippen LogP contribution in [-0.2, 0) is 4.74 Å². The average molecular weight is 229 g/mol. The Morgan fingerprint density at radius 1 is 1.47 bits per heavy atom. The summed E-state index contributed by atoms with van der Waals surface area (Å²) >= 11 is 0. The van der Waals surface area contributed by atoms with Crippen LogP contribution in [0, 0.1) is 12.3 Å². The topological polar surface area (TPSA) is 51.3 Å². The van der Waals surface area contributed by atoms with Crippen LogP contribution in [0.3, 0.4) is 0 Å². The number of benzene rings is 1. The molecule has 2 aromatic rings. The number of nitrogens with one attached hydrogen (secondary N) is 1. The molecule has 0 saturated heterocycles. The molecule has 4 heteroatoms. The predicted molar refractivity (Wildman–Crippen MR) is 63.9 cm³/mol. The van der Waals surface area contributed by atoms with Crippen LogP contribution in [0.4, 0.5) is 4.79 Å². The lowest BCUT2D eigenvalue weighted by Crippen LogP contribution is -2.09. The number of ether oxygens (including phenoxy) is 2. The summed E-state index contributed by atoms with van der Waals surface area (Å²) in [5.41, 5.74) is 1.63. The first-order valence-corrected chi connectivity index (χ1v) is 5.17. The van der Waals surface area contributed by atoms with Gasteiger partial charge in [0.05, 0.1) is 6.61 Å². The third-order valence-corrected chi connectivity index (χ3v) is 2.22. The summed E-state index contributed by atoms with van der Waals surface area (Å²) in [6.45, 7) is 1.99. The molecule has 0 amide bonds. The van der Waals surface area contributed by atoms with Crippen LogP contribution in [-0.4, -0.2) is 17.7 Å². The quantitative estimate of drug-likeness (QED) is 0.636. The van der Waals surface area contributed by atoms with E-state index in [-0.39, 0.29) is 6.61 Å². The van der Waals surface area contributed by atoms with Crippen molar-refractivity contribution in [3.63, 3.8) is 0 Å². The van der Waals surface area contributed by atoms with Gasteiger partial charge < -0.3 is 14.5 Å². The number of hydrogen-bond donors (Lipinski definition) is 1. The van der Waals surface area contributed by atoms with Crippen molar-refractivity contribution in [3.8, 4) is 18.2 Å². The summed E-state index contributed by atoms with van der Waals surface area (Å²) in [6, 6.07) is 7.19. The van der Waals surface area contributed by atoms with Crippen molar-refractivity contribution < 1.29 is 14.3 Å². The smallest absolute Gasteiger partial charge is 0.434 e. The highest BCUT2D eigenvalue weighted by atomic mass is 16.7. The number of aromatic amines is 1. The van der Waals surface area contributed by atoms with Gasteiger partial charge in [-0.3, -0.25) is 0 Å². The number of rotatable bonds is 2. The van der Waals surface area contributed by atoms with Crippen molar-refractivity contribution in [2.75, 3.05) is 6.61 Å². The first kappa shape index (κ1) is 11.1. The molecular weight excluding hydrogens is 218 g/mol. The molecule has 0 atom stereocenters. The number of aromatic nitrogens is 1. The molecule has 2 rings (SSSR count). The molecule has 0 fully saturated rings. The van der Waals surface area contributed by atoms with Gasteiger partial charge >= 0.3 is 6.16 Å². The standard InChI is InChI=1S/C13H11NO3/c1-3-9-5-6-11-10(7-9)8-12(14-11)17-13(15)16-4-2/h1,5-8,14H,4H2,2H3. The third-order valence-electron chi connectivity index (χ3n) is 2.22. The Balaban J connectivity index is 2.26. The second-order valence-corrected chi connectivity index (χ2v) is 3.37. The monoisotopic (exact) mass is 229 g/mol. The minimum Gasteiger partial charge on any atom is -0.434 e. The first-order valence-electron chi connectivity index (χ1n) is 5.17. The van der Waals surface area contributed by atoms with Crippen LogP contribution in [0.1, 0.15) is 12.5 Å². The van der Waals surface area contributed by atoms with Crippen molar-refractivity contribution in [1.82, 2.24) is 4.98 Å². The zero-order valence-electron chi connectivity index (χ0n) is 9.32. The lowest BCUT2D eigenvalue weighted by molar-refractivity contribution is 0.103. The predicted octanol–water partition coefficient (Wildman–Crippen LogP) is 2.68. The van der Waals surface area contributed by atoms with E-state index < -0.39 is 6.16 Å². The molecule has 1 heterocycles. The lowest BCUT2D eigenvalue weighted by Gasteiger charge is -1.99. The molecule has 0 radical (unpaired) electrons. The van der Waals surface area contributed by atoms with Crippen LogP contribution in [0.15, 0.2) is 24.3 Å². The number of fused-ring (bicyclic) bond motifs is 1. The zero-order valence-corrected chi connectivity index (χ0v) is 9.32. The van der Waals surface area contributed by atoms with E-state index in [2.05, 4.69) is 15.6 Å². The van der Waals surface area contributed by atoms with Crippen LogP contribution >= 0.6 is 0 Å². The Bertz CT molecular complexity index is 592. The Hall–Kier alpha value is -2.41. The molecule has 0 bridgehead atoms. The third kappa shape index (κ3) is 2.40. The molecule has 0 unspecified atom stereocenters. The van der Waals surface area contributed by atoms with E-state index in [1.165, 1.54) is 0 Å². The summed E-state index contributed by atoms with van der Waals surface area (Å²) in [5.74, 6) is 2.88. The average Bonchev–Trinajstić information content (AvgIpc) is 2.69. The maximum Gasteiger partial charge on any atom is 0.515 e. The van der Waals surface area contributed by atoms with Crippen LogP contribution in [0.2, 0.25) is 0 Å². The van der Waals surface area contributed by atoms with Gasteiger partial charge in [0.15, 0.2) is 0 Å². The van der Waals surface area contributed by atoms with Gasteiger partial charge in [-0.15, -0.1) is 6.42 Å². The molecule has 0 aliphatic heterocycles. The van der Waals surface area contributed by atoms with Crippen molar-refractivity contribution >= 4 is 17.1 Å². The van der Waals surface area contributed by atoms with E-state index in [1.807, 2.05) is 18.2 Å². The van der Waals surface area contributed by atoms with Gasteiger partial charge in [-0.2, -0.15) is 0 Å². The highest BCUT2D eigenvalue weighted by molar-refractivity contribution is 5.83. The number of terminal acetylenes is 1. The largest absolute Gasteiger partial charge is 0.515 e. The van der Waals surface area contributed by atoms with E-state index >= 15 is 0 Å². The molecule has 4 nitrogen and oxygen atoms in total. The summed E-state index contributed by atoms with van der Waals surface area (Å²) in [5, 5.41) is 0.889. The van der Waals surface area contributed by atoms with Gasteiger partial charge in [-0.25, -0.2) is 4.79 Å². The summed E-state index contributed by atoms with van der Waals surface area (Å²) in [4.78, 5) is 14.1. The minimum atomic E-state index is -0.726. The fourth-order valence-electron chi connectivity index (χ4n) is 1.49. The highest BCUT2D eigenvalue weighted by Crippen LogP contribution is 2.21. The van der Waals surface area contributed by atoms with Crippen molar-refractivity contribution in [3.05, 3.63) is 29.8 Å². The van der Waals surface area contributed by atoms with Gasteiger partial charge in [-0.1, -0.05) is 5.92 Å². The molecule has 0 saturated carbocycles. The molecular formula is C13H11NO3. The van der Waals surface area contributed by atoms with Gasteiger partial charge in [0.2, 0.25) is 5.88 Å². The van der Waals surface area contributed by atoms with E-state index in [9.17, 15) is 4.79 Å². The summed E-state index contributed by atoms with van der Waals surface area (Å²) in [6.07, 6.45) is 4.58. The van der Waals surface area contributed by atoms with Crippen LogP contribution < -0.4 is 4.74 Å². The number of carbonyl (C=O) groups excluding carboxylic acids is 1. The van der Waals surface area contributed by atoms with Crippen LogP contribution in [0.25, 0.3) is 10.9 Å². The van der Waals surface area contributed by atoms with E-state index in [1.54, 1.807) is 13.0 Å². The fourth-order valence-corrected chi connectivity index (χ4v) is 1.49. The first-order chi connectivity index (χ1) is 8.22. The Morgan fingerprint density at radius 2 is 2.29 bits per heavy atom. The zero-order chi connectivity index (χ0) is 12.3. The van der Waals surface area contributed by atoms with Gasteiger partial charge in [0.1, 0.15) is 0 Å². The highest BCUT2D eigenvalue weighted by Gasteiger charge is 2.08. The number of H-pyrrole nitrogens is 1. The van der Waals surface area contributed by atoms with Gasteiger partial charge in [-0.05, 0) is 25.1 Å². The van der Waals surface area contributed by atoms with Gasteiger partial charge in [0, 0.05) is 22.5 Å². The van der Waals surface area contributed by atoms with Crippen LogP contribution in [0.5, 0.6) is 5.88 Å². The lowest BCUT2D eigenvalue weighted by atomic mass is 10.2. The Morgan fingerprint density at radius 3 is 3.00 bits per heavy atom. The molecule has 17 heavy (non-hydrogen) atoms. The minimum absolute atomic E-state index is 0.278. The Kier molecular flexibility index (Phi) is 3.01. The maximum atomic E-state index is 11.1. The molecule has 0 aliphatic carbocycles. The number of hydrogen-bond acceptors (Lipinski definition) is 3. The second kappa shape index (κ2) is 4.62. The number of carbonyl (C=O) groups is 1. The van der Waals surface area contributed by atoms with Crippen molar-refractivity contribution in [2.24, 2.45) is 0 Å². The van der Waals surface area contributed by atoms with E-state index in [0.29, 0.717) is 5.88 Å². The summed E-state index contributed by atoms with van der Waals surface area (Å²) in [7, 11) is 0. The van der Waals surface area contributed by atoms with E-state index in [0.717, 1.165) is 16.5 Å². The second-order valence-electron chi connectivity index (χ2n) is 3.37. The SMILES string of the molecule is C#Cc1ccc2[nH]c(OC(=O)OCC)cc2c1. The van der Waals surface area contributed by atoms with Crippen molar-refractivity contribution in [2.45, 2.75) is 6.92 Å². The van der Waals surface area contributed by atoms with E-state index in [4.69, 9.17) is 11.2 Å². The molecule has 1 N–H and O–H groups in total. The molecule has 1 aromatic heterocycles. The molecule has 0 aliphatic rings. The van der Waals surface area contributed by atoms with Gasteiger partial charge in [0.25, 0.3) is 0 Å². The fraction of sp³-hybridized carbons (Fsp3) is 0.154. The van der Waals surface area contributed by atoms with Crippen molar-refractivity contribution in [1.29, 1.82) is 0 Å². The summed E-state index contributed by atoms with van der Waals surface area (Å²) < 4.78 is 9.62. The molecule has 0 spiro atoms. The normalized spacial score (nSPS) is 9.88. The Labute approximate surface area is 98.5 Å².